The van der Waals surface area contributed by atoms with E-state index in [1.54, 1.807) is 0 Å². The number of esters is 1. The van der Waals surface area contributed by atoms with Crippen molar-refractivity contribution in [1.29, 1.82) is 0 Å². The number of halogens is 1. The maximum Gasteiger partial charge on any atom is 0.306 e. The molecule has 19 heavy (non-hydrogen) atoms. The van der Waals surface area contributed by atoms with E-state index in [0.29, 0.717) is 12.3 Å². The second-order valence-corrected chi connectivity index (χ2v) is 3.77. The van der Waals surface area contributed by atoms with Crippen LogP contribution in [0.4, 0.5) is 10.1 Å². The first-order chi connectivity index (χ1) is 9.11. The summed E-state index contributed by atoms with van der Waals surface area (Å²) in [6.07, 6.45) is 0.0138. The lowest BCUT2D eigenvalue weighted by Gasteiger charge is -2.05. The SMILES string of the molecule is COCCOC(=O)CCC(=O)Nc1ccc(F)cc1. The van der Waals surface area contributed by atoms with Crippen LogP contribution >= 0.6 is 0 Å². The van der Waals surface area contributed by atoms with Gasteiger partial charge in [0, 0.05) is 19.2 Å². The Morgan fingerprint density at radius 1 is 1.16 bits per heavy atom. The molecular formula is C13H16FNO4. The molecule has 1 rings (SSSR count). The first-order valence-corrected chi connectivity index (χ1v) is 5.82. The lowest BCUT2D eigenvalue weighted by Crippen LogP contribution is -2.15. The van der Waals surface area contributed by atoms with Crippen LogP contribution in [0.1, 0.15) is 12.8 Å². The summed E-state index contributed by atoms with van der Waals surface area (Å²) in [6.45, 7) is 0.502. The number of methoxy groups -OCH3 is 1. The van der Waals surface area contributed by atoms with Gasteiger partial charge in [-0.05, 0) is 24.3 Å². The molecule has 0 aliphatic rings. The van der Waals surface area contributed by atoms with E-state index in [0.717, 1.165) is 0 Å². The molecule has 6 heteroatoms. The summed E-state index contributed by atoms with van der Waals surface area (Å²) in [4.78, 5) is 22.7. The third-order valence-corrected chi connectivity index (χ3v) is 2.23. The summed E-state index contributed by atoms with van der Waals surface area (Å²) in [6, 6.07) is 5.39. The number of hydrogen-bond donors (Lipinski definition) is 1. The zero-order chi connectivity index (χ0) is 14.1. The molecule has 1 aromatic rings. The Labute approximate surface area is 110 Å². The largest absolute Gasteiger partial charge is 0.463 e. The molecule has 0 saturated carbocycles. The van der Waals surface area contributed by atoms with Crippen molar-refractivity contribution in [3.05, 3.63) is 30.1 Å². The quantitative estimate of drug-likeness (QED) is 0.605. The summed E-state index contributed by atoms with van der Waals surface area (Å²) in [5.74, 6) is -1.15. The second-order valence-electron chi connectivity index (χ2n) is 3.77. The van der Waals surface area contributed by atoms with Gasteiger partial charge < -0.3 is 14.8 Å². The zero-order valence-corrected chi connectivity index (χ0v) is 10.6. The molecule has 0 aliphatic carbocycles. The maximum absolute atomic E-state index is 12.6. The highest BCUT2D eigenvalue weighted by atomic mass is 19.1. The van der Waals surface area contributed by atoms with Gasteiger partial charge >= 0.3 is 5.97 Å². The summed E-state index contributed by atoms with van der Waals surface area (Å²) in [5.41, 5.74) is 0.485. The number of benzene rings is 1. The molecule has 1 aromatic carbocycles. The van der Waals surface area contributed by atoms with Crippen LogP contribution in [0.2, 0.25) is 0 Å². The molecule has 0 heterocycles. The second kappa shape index (κ2) is 8.20. The van der Waals surface area contributed by atoms with E-state index in [1.165, 1.54) is 31.4 Å². The van der Waals surface area contributed by atoms with E-state index in [9.17, 15) is 14.0 Å². The van der Waals surface area contributed by atoms with E-state index < -0.39 is 5.97 Å². The minimum atomic E-state index is -0.452. The van der Waals surface area contributed by atoms with Crippen LogP contribution in [0.5, 0.6) is 0 Å². The van der Waals surface area contributed by atoms with E-state index >= 15 is 0 Å². The van der Waals surface area contributed by atoms with Gasteiger partial charge in [0.05, 0.1) is 13.0 Å². The average molecular weight is 269 g/mol. The van der Waals surface area contributed by atoms with Gasteiger partial charge in [0.1, 0.15) is 12.4 Å². The fraction of sp³-hybridized carbons (Fsp3) is 0.385. The van der Waals surface area contributed by atoms with Crippen LogP contribution < -0.4 is 5.32 Å². The number of ether oxygens (including phenoxy) is 2. The molecule has 1 N–H and O–H groups in total. The predicted octanol–water partition coefficient (Wildman–Crippen LogP) is 1.73. The molecule has 104 valence electrons. The van der Waals surface area contributed by atoms with E-state index in [1.807, 2.05) is 0 Å². The molecule has 5 nitrogen and oxygen atoms in total. The molecule has 0 aromatic heterocycles. The average Bonchev–Trinajstić information content (AvgIpc) is 2.39. The third kappa shape index (κ3) is 6.52. The van der Waals surface area contributed by atoms with Crippen molar-refractivity contribution in [3.8, 4) is 0 Å². The molecule has 1 amide bonds. The Kier molecular flexibility index (Phi) is 6.52. The van der Waals surface area contributed by atoms with Crippen LogP contribution in [0.25, 0.3) is 0 Å². The number of carbonyl (C=O) groups is 2. The molecule has 0 unspecified atom stereocenters. The van der Waals surface area contributed by atoms with Gasteiger partial charge in [-0.1, -0.05) is 0 Å². The molecule has 0 aliphatic heterocycles. The van der Waals surface area contributed by atoms with Crippen molar-refractivity contribution in [2.24, 2.45) is 0 Å². The Morgan fingerprint density at radius 3 is 2.47 bits per heavy atom. The molecular weight excluding hydrogens is 253 g/mol. The van der Waals surface area contributed by atoms with Crippen LogP contribution in [0.3, 0.4) is 0 Å². The minimum Gasteiger partial charge on any atom is -0.463 e. The van der Waals surface area contributed by atoms with Crippen LogP contribution in [-0.2, 0) is 19.1 Å². The standard InChI is InChI=1S/C13H16FNO4/c1-18-8-9-19-13(17)7-6-12(16)15-11-4-2-10(14)3-5-11/h2-5H,6-9H2,1H3,(H,15,16). The highest BCUT2D eigenvalue weighted by molar-refractivity contribution is 5.92. The Hall–Kier alpha value is -1.95. The molecule has 0 saturated heterocycles. The first-order valence-electron chi connectivity index (χ1n) is 5.82. The molecule has 0 atom stereocenters. The van der Waals surface area contributed by atoms with Crippen molar-refractivity contribution >= 4 is 17.6 Å². The zero-order valence-electron chi connectivity index (χ0n) is 10.6. The van der Waals surface area contributed by atoms with Crippen molar-refractivity contribution in [1.82, 2.24) is 0 Å². The Morgan fingerprint density at radius 2 is 1.84 bits per heavy atom. The fourth-order valence-electron chi connectivity index (χ4n) is 1.28. The summed E-state index contributed by atoms with van der Waals surface area (Å²) in [5, 5.41) is 2.55. The summed E-state index contributed by atoms with van der Waals surface area (Å²) in [7, 11) is 1.50. The van der Waals surface area contributed by atoms with Crippen molar-refractivity contribution in [3.63, 3.8) is 0 Å². The van der Waals surface area contributed by atoms with Gasteiger partial charge in [0.25, 0.3) is 0 Å². The van der Waals surface area contributed by atoms with E-state index in [4.69, 9.17) is 9.47 Å². The van der Waals surface area contributed by atoms with Crippen LogP contribution in [-0.4, -0.2) is 32.2 Å². The lowest BCUT2D eigenvalue weighted by molar-refractivity contribution is -0.145. The predicted molar refractivity (Wildman–Crippen MR) is 67.1 cm³/mol. The van der Waals surface area contributed by atoms with Gasteiger partial charge in [-0.2, -0.15) is 0 Å². The summed E-state index contributed by atoms with van der Waals surface area (Å²) >= 11 is 0. The van der Waals surface area contributed by atoms with E-state index in [2.05, 4.69) is 5.32 Å². The number of nitrogens with one attached hydrogen (secondary N) is 1. The molecule has 0 fully saturated rings. The number of carbonyl (C=O) groups excluding carboxylic acids is 2. The number of anilines is 1. The van der Waals surface area contributed by atoms with Gasteiger partial charge in [-0.3, -0.25) is 9.59 Å². The summed E-state index contributed by atoms with van der Waals surface area (Å²) < 4.78 is 22.2. The van der Waals surface area contributed by atoms with Crippen molar-refractivity contribution < 1.29 is 23.5 Å². The smallest absolute Gasteiger partial charge is 0.306 e. The molecule has 0 spiro atoms. The monoisotopic (exact) mass is 269 g/mol. The van der Waals surface area contributed by atoms with Crippen LogP contribution in [0.15, 0.2) is 24.3 Å². The van der Waals surface area contributed by atoms with E-state index in [-0.39, 0.29) is 31.2 Å². The lowest BCUT2D eigenvalue weighted by atomic mass is 10.2. The van der Waals surface area contributed by atoms with Gasteiger partial charge in [0.2, 0.25) is 5.91 Å². The Bertz CT molecular complexity index is 419. The Balaban J connectivity index is 2.24. The maximum atomic E-state index is 12.6. The highest BCUT2D eigenvalue weighted by Crippen LogP contribution is 2.09. The van der Waals surface area contributed by atoms with Crippen molar-refractivity contribution in [2.75, 3.05) is 25.6 Å². The van der Waals surface area contributed by atoms with Gasteiger partial charge in [-0.25, -0.2) is 4.39 Å². The highest BCUT2D eigenvalue weighted by Gasteiger charge is 2.08. The first kappa shape index (κ1) is 15.1. The van der Waals surface area contributed by atoms with Crippen molar-refractivity contribution in [2.45, 2.75) is 12.8 Å². The molecule has 0 bridgehead atoms. The fourth-order valence-corrected chi connectivity index (χ4v) is 1.28. The van der Waals surface area contributed by atoms with Crippen LogP contribution in [0, 0.1) is 5.82 Å². The number of hydrogen-bond acceptors (Lipinski definition) is 4. The third-order valence-electron chi connectivity index (χ3n) is 2.23. The number of amides is 1. The molecule has 0 radical (unpaired) electrons. The van der Waals surface area contributed by atoms with Gasteiger partial charge in [-0.15, -0.1) is 0 Å². The normalized spacial score (nSPS) is 10.0. The number of rotatable bonds is 7. The minimum absolute atomic E-state index is 0.00323. The topological polar surface area (TPSA) is 64.6 Å². The van der Waals surface area contributed by atoms with Gasteiger partial charge in [0.15, 0.2) is 0 Å².